The van der Waals surface area contributed by atoms with Crippen molar-refractivity contribution in [2.24, 2.45) is 11.8 Å². The third-order valence-electron chi connectivity index (χ3n) is 18.7. The fourth-order valence-corrected chi connectivity index (χ4v) is 13.0. The van der Waals surface area contributed by atoms with E-state index >= 15 is 0 Å². The second kappa shape index (κ2) is 54.5. The summed E-state index contributed by atoms with van der Waals surface area (Å²) in [5.41, 5.74) is 0. The molecule has 0 bridgehead atoms. The first-order chi connectivity index (χ1) is 37.0. The van der Waals surface area contributed by atoms with Gasteiger partial charge in [0.1, 0.15) is 0 Å². The zero-order chi connectivity index (χ0) is 53.5. The van der Waals surface area contributed by atoms with Crippen molar-refractivity contribution in [1.29, 1.82) is 0 Å². The van der Waals surface area contributed by atoms with Crippen molar-refractivity contribution in [3.63, 3.8) is 0 Å². The Kier molecular flexibility index (Phi) is 51.6. The number of unbranched alkanes of at least 4 members (excludes halogenated alkanes) is 50. The van der Waals surface area contributed by atoms with Crippen LogP contribution in [-0.4, -0.2) is 24.8 Å². The van der Waals surface area contributed by atoms with Crippen molar-refractivity contribution >= 4 is 0 Å². The highest BCUT2D eigenvalue weighted by atomic mass is 16.8. The molecule has 0 aromatic rings. The normalized spacial score (nSPS) is 18.4. The van der Waals surface area contributed by atoms with E-state index in [4.69, 9.17) is 14.2 Å². The van der Waals surface area contributed by atoms with Gasteiger partial charge in [-0.3, -0.25) is 0 Å². The largest absolute Gasteiger partial charge is 0.349 e. The molecule has 2 aliphatic rings. The highest BCUT2D eigenvalue weighted by Crippen LogP contribution is 2.44. The molecule has 4 atom stereocenters. The lowest BCUT2D eigenvalue weighted by Gasteiger charge is -2.51. The van der Waals surface area contributed by atoms with Crippen LogP contribution in [0.25, 0.3) is 0 Å². The Morgan fingerprint density at radius 3 is 0.573 bits per heavy atom. The van der Waals surface area contributed by atoms with Gasteiger partial charge >= 0.3 is 0 Å². The Morgan fingerprint density at radius 2 is 0.413 bits per heavy atom. The van der Waals surface area contributed by atoms with Gasteiger partial charge in [-0.05, 0) is 24.7 Å². The summed E-state index contributed by atoms with van der Waals surface area (Å²) < 4.78 is 19.2. The Hall–Kier alpha value is -0.120. The van der Waals surface area contributed by atoms with E-state index in [9.17, 15) is 0 Å². The van der Waals surface area contributed by atoms with E-state index in [-0.39, 0.29) is 11.6 Å². The molecular weight excluding hydrogens is 913 g/mol. The van der Waals surface area contributed by atoms with Crippen LogP contribution < -0.4 is 0 Å². The first-order valence-electron chi connectivity index (χ1n) is 36.0. The predicted molar refractivity (Wildman–Crippen MR) is 334 cm³/mol. The zero-order valence-corrected chi connectivity index (χ0v) is 52.6. The molecule has 0 amide bonds. The summed E-state index contributed by atoms with van der Waals surface area (Å²) in [5.74, 6) is 1.17. The Labute approximate surface area is 474 Å². The van der Waals surface area contributed by atoms with Gasteiger partial charge in [0.25, 0.3) is 0 Å². The number of rotatable bonds is 64. The first kappa shape index (κ1) is 71.0. The molecule has 2 fully saturated rings. The van der Waals surface area contributed by atoms with Gasteiger partial charge < -0.3 is 14.2 Å². The third-order valence-corrected chi connectivity index (χ3v) is 18.7. The van der Waals surface area contributed by atoms with Crippen LogP contribution in [0.4, 0.5) is 0 Å². The van der Waals surface area contributed by atoms with Gasteiger partial charge in [-0.1, -0.05) is 387 Å². The molecule has 0 N–H and O–H groups in total. The first-order valence-corrected chi connectivity index (χ1v) is 36.0. The van der Waals surface area contributed by atoms with E-state index in [0.29, 0.717) is 0 Å². The van der Waals surface area contributed by atoms with Crippen molar-refractivity contribution in [2.45, 2.75) is 437 Å². The van der Waals surface area contributed by atoms with Crippen molar-refractivity contribution in [3.8, 4) is 0 Å². The van der Waals surface area contributed by atoms with Crippen LogP contribution in [0.2, 0.25) is 0 Å². The fourth-order valence-electron chi connectivity index (χ4n) is 13.0. The van der Waals surface area contributed by atoms with E-state index in [1.54, 1.807) is 0 Å². The molecule has 0 aromatic heterocycles. The second-order valence-electron chi connectivity index (χ2n) is 26.4. The van der Waals surface area contributed by atoms with Gasteiger partial charge in [0.2, 0.25) is 0 Å². The summed E-state index contributed by atoms with van der Waals surface area (Å²) >= 11 is 0. The van der Waals surface area contributed by atoms with Gasteiger partial charge in [0.15, 0.2) is 11.6 Å². The zero-order valence-electron chi connectivity index (χ0n) is 52.6. The summed E-state index contributed by atoms with van der Waals surface area (Å²) in [6.07, 6.45) is 88.0. The molecule has 75 heavy (non-hydrogen) atoms. The number of hydrogen-bond acceptors (Lipinski definition) is 3. The molecular formula is C72H142O3. The van der Waals surface area contributed by atoms with Crippen LogP contribution in [0, 0.1) is 11.8 Å². The summed E-state index contributed by atoms with van der Waals surface area (Å²) in [7, 11) is 0. The van der Waals surface area contributed by atoms with E-state index in [2.05, 4.69) is 27.7 Å². The molecule has 2 aliphatic heterocycles. The lowest BCUT2D eigenvalue weighted by atomic mass is 9.95. The van der Waals surface area contributed by atoms with E-state index in [1.807, 2.05) is 0 Å². The van der Waals surface area contributed by atoms with Crippen LogP contribution in [0.3, 0.4) is 0 Å². The average Bonchev–Trinajstić information content (AvgIpc) is 3.39. The van der Waals surface area contributed by atoms with Gasteiger partial charge in [-0.15, -0.1) is 0 Å². The van der Waals surface area contributed by atoms with Crippen LogP contribution in [0.1, 0.15) is 426 Å². The maximum Gasteiger partial charge on any atom is 0.173 e. The Balaban J connectivity index is 1.28. The van der Waals surface area contributed by atoms with Gasteiger partial charge in [0.05, 0.1) is 13.2 Å². The Bertz CT molecular complexity index is 1010. The summed E-state index contributed by atoms with van der Waals surface area (Å²) in [6.45, 7) is 11.4. The molecule has 2 heterocycles. The smallest absolute Gasteiger partial charge is 0.173 e. The highest BCUT2D eigenvalue weighted by Gasteiger charge is 2.50. The molecule has 0 aromatic carbocycles. The standard InChI is InChI=1S/C72H142O3/c1-5-7-9-11-13-15-17-19-21-23-25-29-35-41-47-53-59-69(3)61-55-49-43-37-31-27-33-39-45-51-57-63-71(65-67-73-71)75-72(66-68-74-72)64-58-52-46-40-34-28-32-38-44-50-56-62-70(4)60-54-48-42-36-30-26-24-22-20-18-16-14-12-10-8-6-2/h69-70H,5-68H2,1-4H3. The second-order valence-corrected chi connectivity index (χ2v) is 26.4. The summed E-state index contributed by atoms with van der Waals surface area (Å²) in [6, 6.07) is 0. The SMILES string of the molecule is CCCCCCCCCCCCCCCCCCC(C)CCCCCCCCCCCCCC1(OC2(CCCCCCCCCCCCCC(C)CCCCCCCCCCCCCCCCCC)CCO2)CCO1. The molecule has 4 unspecified atom stereocenters. The van der Waals surface area contributed by atoms with Crippen LogP contribution in [0.5, 0.6) is 0 Å². The maximum absolute atomic E-state index is 6.79. The lowest BCUT2D eigenvalue weighted by molar-refractivity contribution is -0.432. The quantitative estimate of drug-likeness (QED) is 0.0568. The Morgan fingerprint density at radius 1 is 0.253 bits per heavy atom. The molecule has 2 rings (SSSR count). The van der Waals surface area contributed by atoms with Gasteiger partial charge in [-0.2, -0.15) is 0 Å². The molecule has 3 heteroatoms. The van der Waals surface area contributed by atoms with Crippen LogP contribution >= 0.6 is 0 Å². The van der Waals surface area contributed by atoms with Crippen LogP contribution in [0.15, 0.2) is 0 Å². The predicted octanol–water partition coefficient (Wildman–Crippen LogP) is 26.0. The summed E-state index contributed by atoms with van der Waals surface area (Å²) in [4.78, 5) is 0. The minimum Gasteiger partial charge on any atom is -0.349 e. The molecule has 0 radical (unpaired) electrons. The van der Waals surface area contributed by atoms with Crippen molar-refractivity contribution in [3.05, 3.63) is 0 Å². The molecule has 2 saturated heterocycles. The fraction of sp³-hybridized carbons (Fsp3) is 1.00. The van der Waals surface area contributed by atoms with E-state index < -0.39 is 0 Å². The molecule has 448 valence electrons. The van der Waals surface area contributed by atoms with Crippen molar-refractivity contribution in [2.75, 3.05) is 13.2 Å². The number of ether oxygens (including phenoxy) is 3. The topological polar surface area (TPSA) is 27.7 Å². The summed E-state index contributed by atoms with van der Waals surface area (Å²) in [5, 5.41) is 0. The average molecular weight is 1060 g/mol. The maximum atomic E-state index is 6.79. The molecule has 0 saturated carbocycles. The highest BCUT2D eigenvalue weighted by molar-refractivity contribution is 4.86. The van der Waals surface area contributed by atoms with Crippen LogP contribution in [-0.2, 0) is 14.2 Å². The van der Waals surface area contributed by atoms with Gasteiger partial charge in [0, 0.05) is 25.7 Å². The van der Waals surface area contributed by atoms with Gasteiger partial charge in [-0.25, -0.2) is 0 Å². The minimum atomic E-state index is -0.354. The minimum absolute atomic E-state index is 0.354. The molecule has 0 spiro atoms. The van der Waals surface area contributed by atoms with E-state index in [0.717, 1.165) is 50.7 Å². The van der Waals surface area contributed by atoms with Crippen molar-refractivity contribution < 1.29 is 14.2 Å². The molecule has 3 nitrogen and oxygen atoms in total. The van der Waals surface area contributed by atoms with Crippen molar-refractivity contribution in [1.82, 2.24) is 0 Å². The lowest BCUT2D eigenvalue weighted by Crippen LogP contribution is -2.57. The van der Waals surface area contributed by atoms with E-state index in [1.165, 1.54) is 372 Å². The number of hydrogen-bond donors (Lipinski definition) is 0. The third kappa shape index (κ3) is 45.2. The molecule has 0 aliphatic carbocycles. The monoisotopic (exact) mass is 1060 g/mol.